The molecular weight excluding hydrogens is 356 g/mol. The second-order valence-corrected chi connectivity index (χ2v) is 7.68. The van der Waals surface area contributed by atoms with E-state index in [1.807, 2.05) is 36.7 Å². The molecule has 0 bridgehead atoms. The van der Waals surface area contributed by atoms with Gasteiger partial charge >= 0.3 is 0 Å². The number of unbranched alkanes of at least 4 members (excludes halogenated alkanes) is 7. The van der Waals surface area contributed by atoms with E-state index in [9.17, 15) is 0 Å². The Hall–Kier alpha value is -2.16. The molecule has 0 aliphatic carbocycles. The van der Waals surface area contributed by atoms with Gasteiger partial charge in [-0.1, -0.05) is 58.1 Å². The van der Waals surface area contributed by atoms with Crippen LogP contribution in [-0.2, 0) is 6.42 Å². The highest BCUT2D eigenvalue weighted by Gasteiger charge is 2.03. The summed E-state index contributed by atoms with van der Waals surface area (Å²) >= 11 is 0. The molecule has 2 aromatic rings. The second-order valence-electron chi connectivity index (χ2n) is 7.68. The number of nitrogens with zero attached hydrogens (tertiary/aromatic N) is 2. The molecule has 1 aromatic heterocycles. The minimum Gasteiger partial charge on any atom is -0.494 e. The molecule has 0 unspecified atom stereocenters. The first kappa shape index (κ1) is 23.1. The number of hydrogen-bond donors (Lipinski definition) is 0. The van der Waals surface area contributed by atoms with E-state index in [1.54, 1.807) is 0 Å². The van der Waals surface area contributed by atoms with Gasteiger partial charge in [-0.25, -0.2) is 9.97 Å². The number of hydrogen-bond acceptors (Lipinski definition) is 3. The van der Waals surface area contributed by atoms with Crippen molar-refractivity contribution in [2.75, 3.05) is 6.61 Å². The monoisotopic (exact) mass is 394 g/mol. The lowest BCUT2D eigenvalue weighted by Crippen LogP contribution is -1.97. The third-order valence-corrected chi connectivity index (χ3v) is 5.07. The average molecular weight is 395 g/mol. The molecule has 0 saturated carbocycles. The molecule has 0 aliphatic rings. The molecule has 0 atom stereocenters. The molecular formula is C26H38N2O. The number of benzene rings is 1. The van der Waals surface area contributed by atoms with Crippen molar-refractivity contribution in [3.63, 3.8) is 0 Å². The highest BCUT2D eigenvalue weighted by Crippen LogP contribution is 2.20. The Bertz CT molecular complexity index is 677. The molecule has 2 rings (SSSR count). The first-order chi connectivity index (χ1) is 14.3. The van der Waals surface area contributed by atoms with Gasteiger partial charge in [0.2, 0.25) is 0 Å². The maximum atomic E-state index is 5.84. The van der Waals surface area contributed by atoms with Crippen LogP contribution >= 0.6 is 0 Å². The van der Waals surface area contributed by atoms with Gasteiger partial charge in [-0.05, 0) is 68.4 Å². The lowest BCUT2D eigenvalue weighted by atomic mass is 10.1. The number of ether oxygens (including phenoxy) is 1. The van der Waals surface area contributed by atoms with E-state index in [-0.39, 0.29) is 0 Å². The third kappa shape index (κ3) is 9.74. The Morgan fingerprint density at radius 3 is 2.24 bits per heavy atom. The molecule has 0 radical (unpaired) electrons. The SMILES string of the molecule is CCC=CCCCCOc1ccc(-c2ncc(CCCCCCCC)cn2)cc1. The molecule has 0 amide bonds. The normalized spacial score (nSPS) is 11.2. The van der Waals surface area contributed by atoms with Crippen molar-refractivity contribution >= 4 is 0 Å². The van der Waals surface area contributed by atoms with E-state index >= 15 is 0 Å². The summed E-state index contributed by atoms with van der Waals surface area (Å²) in [5.74, 6) is 1.70. The van der Waals surface area contributed by atoms with Crippen LogP contribution in [0.5, 0.6) is 5.75 Å². The fraction of sp³-hybridized carbons (Fsp3) is 0.538. The second kappa shape index (κ2) is 14.8. The first-order valence-electron chi connectivity index (χ1n) is 11.5. The Morgan fingerprint density at radius 1 is 0.793 bits per heavy atom. The maximum Gasteiger partial charge on any atom is 0.159 e. The summed E-state index contributed by atoms with van der Waals surface area (Å²) < 4.78 is 5.84. The Labute approximate surface area is 177 Å². The number of allylic oxidation sites excluding steroid dienone is 2. The predicted molar refractivity (Wildman–Crippen MR) is 123 cm³/mol. The van der Waals surface area contributed by atoms with Crippen molar-refractivity contribution in [1.82, 2.24) is 9.97 Å². The summed E-state index contributed by atoms with van der Waals surface area (Å²) in [6, 6.07) is 8.11. The van der Waals surface area contributed by atoms with Gasteiger partial charge in [-0.2, -0.15) is 0 Å². The lowest BCUT2D eigenvalue weighted by Gasteiger charge is -2.07. The molecule has 29 heavy (non-hydrogen) atoms. The van der Waals surface area contributed by atoms with Crippen molar-refractivity contribution in [3.8, 4) is 17.1 Å². The van der Waals surface area contributed by atoms with Crippen LogP contribution in [0.15, 0.2) is 48.8 Å². The summed E-state index contributed by atoms with van der Waals surface area (Å²) in [5, 5.41) is 0. The molecule has 0 saturated heterocycles. The summed E-state index contributed by atoms with van der Waals surface area (Å²) in [6.45, 7) is 5.19. The van der Waals surface area contributed by atoms with E-state index in [0.717, 1.165) is 49.4 Å². The smallest absolute Gasteiger partial charge is 0.159 e. The maximum absolute atomic E-state index is 5.84. The summed E-state index contributed by atoms with van der Waals surface area (Å²) in [5.41, 5.74) is 2.27. The summed E-state index contributed by atoms with van der Waals surface area (Å²) in [7, 11) is 0. The fourth-order valence-electron chi connectivity index (χ4n) is 3.28. The Kier molecular flexibility index (Phi) is 11.8. The predicted octanol–water partition coefficient (Wildman–Crippen LogP) is 7.56. The number of rotatable bonds is 15. The van der Waals surface area contributed by atoms with Gasteiger partial charge < -0.3 is 4.74 Å². The summed E-state index contributed by atoms with van der Waals surface area (Å²) in [4.78, 5) is 9.12. The van der Waals surface area contributed by atoms with E-state index in [1.165, 1.54) is 50.5 Å². The van der Waals surface area contributed by atoms with Gasteiger partial charge in [0.05, 0.1) is 6.61 Å². The van der Waals surface area contributed by atoms with Crippen LogP contribution in [0.2, 0.25) is 0 Å². The topological polar surface area (TPSA) is 35.0 Å². The molecule has 3 nitrogen and oxygen atoms in total. The van der Waals surface area contributed by atoms with Gasteiger partial charge in [-0.15, -0.1) is 0 Å². The van der Waals surface area contributed by atoms with Crippen LogP contribution in [-0.4, -0.2) is 16.6 Å². The Morgan fingerprint density at radius 2 is 1.52 bits per heavy atom. The van der Waals surface area contributed by atoms with Gasteiger partial charge in [-0.3, -0.25) is 0 Å². The third-order valence-electron chi connectivity index (χ3n) is 5.07. The van der Waals surface area contributed by atoms with Crippen molar-refractivity contribution in [2.24, 2.45) is 0 Å². The molecule has 3 heteroatoms. The van der Waals surface area contributed by atoms with Crippen LogP contribution in [0.4, 0.5) is 0 Å². The van der Waals surface area contributed by atoms with E-state index in [0.29, 0.717) is 0 Å². The Balaban J connectivity index is 1.70. The molecule has 0 fully saturated rings. The van der Waals surface area contributed by atoms with Crippen molar-refractivity contribution in [3.05, 3.63) is 54.4 Å². The highest BCUT2D eigenvalue weighted by atomic mass is 16.5. The largest absolute Gasteiger partial charge is 0.494 e. The zero-order valence-electron chi connectivity index (χ0n) is 18.4. The molecule has 1 aromatic carbocycles. The molecule has 0 spiro atoms. The van der Waals surface area contributed by atoms with Gasteiger partial charge in [0, 0.05) is 18.0 Å². The zero-order chi connectivity index (χ0) is 20.6. The van der Waals surface area contributed by atoms with Gasteiger partial charge in [0.15, 0.2) is 5.82 Å². The van der Waals surface area contributed by atoms with E-state index < -0.39 is 0 Å². The van der Waals surface area contributed by atoms with Crippen LogP contribution in [0, 0.1) is 0 Å². The lowest BCUT2D eigenvalue weighted by molar-refractivity contribution is 0.307. The van der Waals surface area contributed by atoms with E-state index in [4.69, 9.17) is 4.74 Å². The minimum atomic E-state index is 0.767. The average Bonchev–Trinajstić information content (AvgIpc) is 2.76. The van der Waals surface area contributed by atoms with Gasteiger partial charge in [0.1, 0.15) is 5.75 Å². The highest BCUT2D eigenvalue weighted by molar-refractivity contribution is 5.55. The van der Waals surface area contributed by atoms with Gasteiger partial charge in [0.25, 0.3) is 0 Å². The van der Waals surface area contributed by atoms with Crippen molar-refractivity contribution in [1.29, 1.82) is 0 Å². The number of aromatic nitrogens is 2. The minimum absolute atomic E-state index is 0.767. The zero-order valence-corrected chi connectivity index (χ0v) is 18.4. The van der Waals surface area contributed by atoms with Crippen molar-refractivity contribution in [2.45, 2.75) is 84.5 Å². The standard InChI is InChI=1S/C26H38N2O/c1-3-5-7-9-11-13-15-23-21-27-26(28-22-23)24-16-18-25(19-17-24)29-20-14-12-10-8-6-4-2/h6,8,16-19,21-22H,3-5,7,9-15,20H2,1-2H3. The quantitative estimate of drug-likeness (QED) is 0.231. The molecule has 0 N–H and O–H groups in total. The first-order valence-corrected chi connectivity index (χ1v) is 11.5. The fourth-order valence-corrected chi connectivity index (χ4v) is 3.28. The van der Waals surface area contributed by atoms with Crippen LogP contribution in [0.1, 0.15) is 83.6 Å². The summed E-state index contributed by atoms with van der Waals surface area (Å²) in [6.07, 6.45) is 21.9. The van der Waals surface area contributed by atoms with Crippen LogP contribution in [0.25, 0.3) is 11.4 Å². The molecule has 0 aliphatic heterocycles. The van der Waals surface area contributed by atoms with Crippen LogP contribution < -0.4 is 4.74 Å². The number of aryl methyl sites for hydroxylation is 1. The molecule has 158 valence electrons. The molecule has 1 heterocycles. The van der Waals surface area contributed by atoms with E-state index in [2.05, 4.69) is 36.0 Å². The van der Waals surface area contributed by atoms with Crippen LogP contribution in [0.3, 0.4) is 0 Å². The van der Waals surface area contributed by atoms with Crippen molar-refractivity contribution < 1.29 is 4.74 Å².